The van der Waals surface area contributed by atoms with E-state index >= 15 is 0 Å². The van der Waals surface area contributed by atoms with E-state index in [1.807, 2.05) is 30.3 Å². The Morgan fingerprint density at radius 1 is 1.09 bits per heavy atom. The minimum Gasteiger partial charge on any atom is -0.388 e. The van der Waals surface area contributed by atoms with Gasteiger partial charge in [0.2, 0.25) is 5.91 Å². The normalized spacial score (nSPS) is 15.5. The Hall–Kier alpha value is -3.18. The summed E-state index contributed by atoms with van der Waals surface area (Å²) in [6.07, 6.45) is 8.27. The van der Waals surface area contributed by atoms with Crippen LogP contribution in [-0.4, -0.2) is 21.8 Å². The number of nitrogens with one attached hydrogen (secondary N) is 1. The molecule has 34 heavy (non-hydrogen) atoms. The smallest absolute Gasteiger partial charge is 0.240 e. The molecular weight excluding hydrogens is 422 g/mol. The number of carbonyl (C=O) groups excluding carboxylic acids is 1. The van der Waals surface area contributed by atoms with Crippen LogP contribution in [0.15, 0.2) is 65.8 Å². The van der Waals surface area contributed by atoms with Gasteiger partial charge in [-0.2, -0.15) is 5.10 Å². The van der Waals surface area contributed by atoms with Gasteiger partial charge < -0.3 is 9.67 Å². The lowest BCUT2D eigenvalue weighted by molar-refractivity contribution is -0.121. The summed E-state index contributed by atoms with van der Waals surface area (Å²) in [5.74, 6) is 0.494. The highest BCUT2D eigenvalue weighted by molar-refractivity contribution is 5.84. The summed E-state index contributed by atoms with van der Waals surface area (Å²) in [6.45, 7) is 4.16. The lowest BCUT2D eigenvalue weighted by Gasteiger charge is -2.22. The predicted octanol–water partition coefficient (Wildman–Crippen LogP) is 6.11. The van der Waals surface area contributed by atoms with Crippen LogP contribution in [-0.2, 0) is 4.79 Å². The summed E-state index contributed by atoms with van der Waals surface area (Å²) in [5.41, 5.74) is 9.18. The number of benzene rings is 2. The number of hydrazone groups is 1. The van der Waals surface area contributed by atoms with Crippen LogP contribution in [0.5, 0.6) is 0 Å². The molecule has 5 nitrogen and oxygen atoms in total. The van der Waals surface area contributed by atoms with Crippen LogP contribution < -0.4 is 5.43 Å². The van der Waals surface area contributed by atoms with Crippen molar-refractivity contribution in [2.45, 2.75) is 70.8 Å². The van der Waals surface area contributed by atoms with Crippen molar-refractivity contribution in [3.05, 3.63) is 88.7 Å². The fourth-order valence-electron chi connectivity index (χ4n) is 4.99. The third-order valence-electron chi connectivity index (χ3n) is 6.92. The minimum atomic E-state index is -0.653. The molecule has 0 saturated heterocycles. The number of aromatic nitrogens is 1. The quantitative estimate of drug-likeness (QED) is 0.317. The molecule has 2 N–H and O–H groups in total. The van der Waals surface area contributed by atoms with E-state index in [0.717, 1.165) is 28.2 Å². The summed E-state index contributed by atoms with van der Waals surface area (Å²) in [6, 6.07) is 20.5. The fourth-order valence-corrected chi connectivity index (χ4v) is 4.99. The van der Waals surface area contributed by atoms with E-state index in [1.165, 1.54) is 37.7 Å². The first-order chi connectivity index (χ1) is 16.5. The number of nitrogens with zero attached hydrogens (tertiary/aromatic N) is 2. The first-order valence-corrected chi connectivity index (χ1v) is 12.4. The SMILES string of the molecule is Cc1cc(/C=N\NC(=O)CC[C@@H](O)c2ccccc2)c(C)n1-c1ccc(C2CCCCC2)cc1. The molecule has 4 rings (SSSR count). The zero-order chi connectivity index (χ0) is 23.9. The number of hydrogen-bond donors (Lipinski definition) is 2. The lowest BCUT2D eigenvalue weighted by Crippen LogP contribution is -2.18. The van der Waals surface area contributed by atoms with Crippen LogP contribution in [0.25, 0.3) is 5.69 Å². The number of aliphatic hydroxyl groups excluding tert-OH is 1. The zero-order valence-electron chi connectivity index (χ0n) is 20.2. The molecule has 1 aliphatic carbocycles. The van der Waals surface area contributed by atoms with E-state index in [2.05, 4.69) is 59.3 Å². The second kappa shape index (κ2) is 11.3. The maximum Gasteiger partial charge on any atom is 0.240 e. The summed E-state index contributed by atoms with van der Waals surface area (Å²) in [5, 5.41) is 14.4. The molecule has 2 aromatic carbocycles. The molecule has 0 bridgehead atoms. The van der Waals surface area contributed by atoms with Gasteiger partial charge in [-0.25, -0.2) is 5.43 Å². The molecule has 0 radical (unpaired) electrons. The monoisotopic (exact) mass is 457 g/mol. The van der Waals surface area contributed by atoms with Gasteiger partial charge in [-0.05, 0) is 68.4 Å². The lowest BCUT2D eigenvalue weighted by atomic mass is 9.84. The van der Waals surface area contributed by atoms with Gasteiger partial charge >= 0.3 is 0 Å². The van der Waals surface area contributed by atoms with Crippen molar-refractivity contribution in [2.24, 2.45) is 5.10 Å². The fraction of sp³-hybridized carbons (Fsp3) is 0.379. The van der Waals surface area contributed by atoms with Gasteiger partial charge in [0, 0.05) is 29.1 Å². The molecule has 1 aliphatic rings. The van der Waals surface area contributed by atoms with Crippen molar-refractivity contribution >= 4 is 12.1 Å². The van der Waals surface area contributed by atoms with Crippen molar-refractivity contribution in [1.29, 1.82) is 0 Å². The minimum absolute atomic E-state index is 0.208. The molecule has 0 unspecified atom stereocenters. The van der Waals surface area contributed by atoms with E-state index in [9.17, 15) is 9.90 Å². The summed E-state index contributed by atoms with van der Waals surface area (Å²) in [7, 11) is 0. The van der Waals surface area contributed by atoms with Crippen LogP contribution >= 0.6 is 0 Å². The van der Waals surface area contributed by atoms with Crippen LogP contribution in [0.2, 0.25) is 0 Å². The highest BCUT2D eigenvalue weighted by Crippen LogP contribution is 2.33. The Bertz CT molecular complexity index is 1110. The molecule has 0 aliphatic heterocycles. The Balaban J connectivity index is 1.35. The Kier molecular flexibility index (Phi) is 7.96. The summed E-state index contributed by atoms with van der Waals surface area (Å²) >= 11 is 0. The Morgan fingerprint density at radius 3 is 2.50 bits per heavy atom. The van der Waals surface area contributed by atoms with Gasteiger partial charge in [0.25, 0.3) is 0 Å². The molecular formula is C29H35N3O2. The van der Waals surface area contributed by atoms with Gasteiger partial charge in [-0.15, -0.1) is 0 Å². The molecule has 0 spiro atoms. The number of rotatable bonds is 8. The number of carbonyl (C=O) groups is 1. The largest absolute Gasteiger partial charge is 0.388 e. The van der Waals surface area contributed by atoms with Gasteiger partial charge in [0.1, 0.15) is 0 Å². The molecule has 1 fully saturated rings. The van der Waals surface area contributed by atoms with E-state index < -0.39 is 6.10 Å². The van der Waals surface area contributed by atoms with Crippen LogP contribution in [0.4, 0.5) is 0 Å². The summed E-state index contributed by atoms with van der Waals surface area (Å²) < 4.78 is 2.23. The highest BCUT2D eigenvalue weighted by Gasteiger charge is 2.16. The standard InChI is InChI=1S/C29H35N3O2/c1-21-19-26(20-30-31-29(34)18-17-28(33)25-11-7-4-8-12-25)22(2)32(21)27-15-13-24(14-16-27)23-9-5-3-6-10-23/h4,7-8,11-16,19-20,23,28,33H,3,5-6,9-10,17-18H2,1-2H3,(H,31,34)/b30-20-/t28-/m1/s1. The van der Waals surface area contributed by atoms with Gasteiger partial charge in [-0.1, -0.05) is 61.7 Å². The second-order valence-electron chi connectivity index (χ2n) is 9.35. The highest BCUT2D eigenvalue weighted by atomic mass is 16.3. The first-order valence-electron chi connectivity index (χ1n) is 12.4. The van der Waals surface area contributed by atoms with Gasteiger partial charge in [0.05, 0.1) is 12.3 Å². The molecule has 178 valence electrons. The topological polar surface area (TPSA) is 66.6 Å². The molecule has 3 aromatic rings. The number of hydrogen-bond acceptors (Lipinski definition) is 3. The Morgan fingerprint density at radius 2 is 1.79 bits per heavy atom. The van der Waals surface area contributed by atoms with Crippen molar-refractivity contribution in [3.8, 4) is 5.69 Å². The maximum atomic E-state index is 12.2. The molecule has 1 saturated carbocycles. The molecule has 1 atom stereocenters. The molecule has 1 amide bonds. The third-order valence-corrected chi connectivity index (χ3v) is 6.92. The number of aryl methyl sites for hydroxylation is 1. The van der Waals surface area contributed by atoms with Crippen molar-refractivity contribution < 1.29 is 9.90 Å². The maximum absolute atomic E-state index is 12.2. The van der Waals surface area contributed by atoms with Gasteiger partial charge in [0.15, 0.2) is 0 Å². The van der Waals surface area contributed by atoms with Crippen LogP contribution in [0, 0.1) is 13.8 Å². The number of amides is 1. The van der Waals surface area contributed by atoms with E-state index in [1.54, 1.807) is 6.21 Å². The molecule has 1 aromatic heterocycles. The van der Waals surface area contributed by atoms with Crippen LogP contribution in [0.3, 0.4) is 0 Å². The van der Waals surface area contributed by atoms with E-state index in [4.69, 9.17) is 0 Å². The van der Waals surface area contributed by atoms with E-state index in [-0.39, 0.29) is 12.3 Å². The second-order valence-corrected chi connectivity index (χ2v) is 9.35. The van der Waals surface area contributed by atoms with Crippen LogP contribution in [0.1, 0.15) is 85.0 Å². The van der Waals surface area contributed by atoms with Gasteiger partial charge in [-0.3, -0.25) is 4.79 Å². The molecule has 5 heteroatoms. The van der Waals surface area contributed by atoms with E-state index in [0.29, 0.717) is 12.3 Å². The average Bonchev–Trinajstić information content (AvgIpc) is 3.16. The third kappa shape index (κ3) is 5.84. The first kappa shape index (κ1) is 24.0. The molecule has 1 heterocycles. The summed E-state index contributed by atoms with van der Waals surface area (Å²) in [4.78, 5) is 12.2. The zero-order valence-corrected chi connectivity index (χ0v) is 20.2. The average molecular weight is 458 g/mol. The van der Waals surface area contributed by atoms with Crippen molar-refractivity contribution in [1.82, 2.24) is 9.99 Å². The number of aliphatic hydroxyl groups is 1. The Labute approximate surface area is 202 Å². The van der Waals surface area contributed by atoms with Crippen molar-refractivity contribution in [3.63, 3.8) is 0 Å². The van der Waals surface area contributed by atoms with Crippen molar-refractivity contribution in [2.75, 3.05) is 0 Å². The predicted molar refractivity (Wildman–Crippen MR) is 137 cm³/mol.